The zero-order valence-corrected chi connectivity index (χ0v) is 16.5. The molecule has 0 saturated carbocycles. The van der Waals surface area contributed by atoms with E-state index in [1.54, 1.807) is 15.8 Å². The molecule has 1 aromatic heterocycles. The topological polar surface area (TPSA) is 91.8 Å². The number of thiazole rings is 1. The second-order valence-corrected chi connectivity index (χ2v) is 7.79. The Balaban J connectivity index is 1.76. The third-order valence-corrected chi connectivity index (χ3v) is 5.58. The SMILES string of the molecule is CN1C(=O)OC(CC(F)(F)F)C1C(=O)NC(Cc1cscn1)C(=O)N1CCCC1. The maximum Gasteiger partial charge on any atom is 0.410 e. The van der Waals surface area contributed by atoms with Gasteiger partial charge in [0.25, 0.3) is 0 Å². The second-order valence-electron chi connectivity index (χ2n) is 7.07. The minimum atomic E-state index is -4.61. The molecule has 3 rings (SSSR count). The maximum atomic E-state index is 12.9. The van der Waals surface area contributed by atoms with Crippen LogP contribution in [0.2, 0.25) is 0 Å². The normalized spacial score (nSPS) is 23.2. The van der Waals surface area contributed by atoms with Crippen LogP contribution in [0.3, 0.4) is 0 Å². The third-order valence-electron chi connectivity index (χ3n) is 4.94. The van der Waals surface area contributed by atoms with Gasteiger partial charge in [0.15, 0.2) is 6.04 Å². The highest BCUT2D eigenvalue weighted by Gasteiger charge is 2.49. The Morgan fingerprint density at radius 3 is 2.66 bits per heavy atom. The van der Waals surface area contributed by atoms with E-state index in [2.05, 4.69) is 10.3 Å². The lowest BCUT2D eigenvalue weighted by Crippen LogP contribution is -2.55. The Labute approximate surface area is 169 Å². The van der Waals surface area contributed by atoms with Gasteiger partial charge in [0.05, 0.1) is 17.6 Å². The second kappa shape index (κ2) is 8.56. The molecule has 0 spiro atoms. The summed E-state index contributed by atoms with van der Waals surface area (Å²) in [6.45, 7) is 1.12. The van der Waals surface area contributed by atoms with E-state index < -0.39 is 42.8 Å². The molecule has 0 aliphatic carbocycles. The van der Waals surface area contributed by atoms with Crippen molar-refractivity contribution in [3.8, 4) is 0 Å². The van der Waals surface area contributed by atoms with Crippen molar-refractivity contribution in [1.29, 1.82) is 0 Å². The van der Waals surface area contributed by atoms with E-state index in [1.807, 2.05) is 0 Å². The molecule has 2 saturated heterocycles. The average Bonchev–Trinajstić information content (AvgIpc) is 3.36. The van der Waals surface area contributed by atoms with Gasteiger partial charge in [-0.15, -0.1) is 11.3 Å². The fraction of sp³-hybridized carbons (Fsp3) is 0.647. The lowest BCUT2D eigenvalue weighted by Gasteiger charge is -2.27. The number of nitrogens with zero attached hydrogens (tertiary/aromatic N) is 3. The number of rotatable bonds is 6. The van der Waals surface area contributed by atoms with Crippen molar-refractivity contribution in [2.45, 2.75) is 50.0 Å². The van der Waals surface area contributed by atoms with Gasteiger partial charge < -0.3 is 15.0 Å². The summed E-state index contributed by atoms with van der Waals surface area (Å²) in [5.41, 5.74) is 2.18. The van der Waals surface area contributed by atoms with Crippen LogP contribution in [0.5, 0.6) is 0 Å². The van der Waals surface area contributed by atoms with E-state index in [9.17, 15) is 27.6 Å². The molecular weight excluding hydrogens is 413 g/mol. The van der Waals surface area contributed by atoms with Crippen molar-refractivity contribution >= 4 is 29.2 Å². The van der Waals surface area contributed by atoms with Crippen molar-refractivity contribution in [3.05, 3.63) is 16.6 Å². The van der Waals surface area contributed by atoms with E-state index in [0.29, 0.717) is 18.8 Å². The number of halogens is 3. The lowest BCUT2D eigenvalue weighted by atomic mass is 10.0. The van der Waals surface area contributed by atoms with Crippen LogP contribution in [-0.2, 0) is 20.7 Å². The van der Waals surface area contributed by atoms with Gasteiger partial charge in [0.1, 0.15) is 12.1 Å². The molecule has 3 unspecified atom stereocenters. The monoisotopic (exact) mass is 434 g/mol. The summed E-state index contributed by atoms with van der Waals surface area (Å²) in [5, 5.41) is 4.27. The van der Waals surface area contributed by atoms with Crippen LogP contribution in [0.4, 0.5) is 18.0 Å². The number of nitrogens with one attached hydrogen (secondary N) is 1. The van der Waals surface area contributed by atoms with Crippen molar-refractivity contribution in [2.24, 2.45) is 0 Å². The number of carbonyl (C=O) groups excluding carboxylic acids is 3. The molecule has 0 aromatic carbocycles. The van der Waals surface area contributed by atoms with Gasteiger partial charge in [0.2, 0.25) is 11.8 Å². The smallest absolute Gasteiger partial charge is 0.410 e. The molecule has 0 radical (unpaired) electrons. The molecule has 2 fully saturated rings. The molecule has 8 nitrogen and oxygen atoms in total. The molecule has 3 amide bonds. The van der Waals surface area contributed by atoms with Gasteiger partial charge in [-0.05, 0) is 12.8 Å². The number of ether oxygens (including phenoxy) is 1. The summed E-state index contributed by atoms with van der Waals surface area (Å²) in [6.07, 6.45) is -6.93. The highest BCUT2D eigenvalue weighted by atomic mass is 32.1. The van der Waals surface area contributed by atoms with E-state index in [1.165, 1.54) is 18.4 Å². The van der Waals surface area contributed by atoms with Gasteiger partial charge in [-0.3, -0.25) is 14.5 Å². The van der Waals surface area contributed by atoms with Crippen molar-refractivity contribution in [2.75, 3.05) is 20.1 Å². The van der Waals surface area contributed by atoms with Crippen molar-refractivity contribution in [3.63, 3.8) is 0 Å². The molecular formula is C17H21F3N4O4S. The minimum absolute atomic E-state index is 0.111. The van der Waals surface area contributed by atoms with Crippen LogP contribution in [0.25, 0.3) is 0 Å². The van der Waals surface area contributed by atoms with Gasteiger partial charge in [-0.2, -0.15) is 13.2 Å². The Bertz CT molecular complexity index is 752. The molecule has 0 bridgehead atoms. The van der Waals surface area contributed by atoms with Crippen LogP contribution >= 0.6 is 11.3 Å². The van der Waals surface area contributed by atoms with E-state index in [4.69, 9.17) is 4.74 Å². The first-order chi connectivity index (χ1) is 13.7. The number of carbonyl (C=O) groups is 3. The summed E-state index contributed by atoms with van der Waals surface area (Å²) < 4.78 is 43.2. The molecule has 12 heteroatoms. The van der Waals surface area contributed by atoms with Crippen LogP contribution in [0, 0.1) is 0 Å². The largest absolute Gasteiger partial charge is 0.443 e. The minimum Gasteiger partial charge on any atom is -0.443 e. The zero-order valence-electron chi connectivity index (χ0n) is 15.6. The van der Waals surface area contributed by atoms with Gasteiger partial charge in [-0.1, -0.05) is 0 Å². The summed E-state index contributed by atoms with van der Waals surface area (Å²) >= 11 is 1.33. The predicted octanol–water partition coefficient (Wildman–Crippen LogP) is 1.56. The highest BCUT2D eigenvalue weighted by Crippen LogP contribution is 2.30. The highest BCUT2D eigenvalue weighted by molar-refractivity contribution is 7.07. The van der Waals surface area contributed by atoms with Crippen LogP contribution in [0.1, 0.15) is 25.0 Å². The number of likely N-dealkylation sites (N-methyl/N-ethyl adjacent to an activating group) is 1. The quantitative estimate of drug-likeness (QED) is 0.734. The molecule has 160 valence electrons. The molecule has 2 aliphatic heterocycles. The Hall–Kier alpha value is -2.37. The Morgan fingerprint density at radius 2 is 2.07 bits per heavy atom. The van der Waals surface area contributed by atoms with Gasteiger partial charge in [-0.25, -0.2) is 9.78 Å². The summed E-state index contributed by atoms with van der Waals surface area (Å²) in [6, 6.07) is -2.47. The summed E-state index contributed by atoms with van der Waals surface area (Å²) in [4.78, 5) is 44.0. The number of amides is 3. The molecule has 2 aliphatic rings. The van der Waals surface area contributed by atoms with Gasteiger partial charge >= 0.3 is 12.3 Å². The maximum absolute atomic E-state index is 12.9. The fourth-order valence-electron chi connectivity index (χ4n) is 3.53. The number of aromatic nitrogens is 1. The van der Waals surface area contributed by atoms with E-state index >= 15 is 0 Å². The molecule has 1 aromatic rings. The number of likely N-dealkylation sites (tertiary alicyclic amines) is 1. The van der Waals surface area contributed by atoms with Crippen molar-refractivity contribution < 1.29 is 32.3 Å². The zero-order chi connectivity index (χ0) is 21.2. The van der Waals surface area contributed by atoms with Gasteiger partial charge in [0, 0.05) is 31.9 Å². The summed E-state index contributed by atoms with van der Waals surface area (Å²) in [5.74, 6) is -1.18. The van der Waals surface area contributed by atoms with Crippen LogP contribution in [0.15, 0.2) is 10.9 Å². The first kappa shape index (κ1) is 21.3. The average molecular weight is 434 g/mol. The standard InChI is InChI=1S/C17H21F3N4O4S/c1-23-13(12(28-16(23)27)7-17(18,19)20)14(25)22-11(6-10-8-29-9-21-10)15(26)24-4-2-3-5-24/h8-9,11-13H,2-7H2,1H3,(H,22,25). The number of hydrogen-bond acceptors (Lipinski definition) is 6. The number of alkyl halides is 3. The first-order valence-electron chi connectivity index (χ1n) is 9.12. The van der Waals surface area contributed by atoms with Crippen LogP contribution < -0.4 is 5.32 Å². The molecule has 1 N–H and O–H groups in total. The summed E-state index contributed by atoms with van der Waals surface area (Å²) in [7, 11) is 1.20. The van der Waals surface area contributed by atoms with Crippen molar-refractivity contribution in [1.82, 2.24) is 20.1 Å². The molecule has 29 heavy (non-hydrogen) atoms. The number of cyclic esters (lactones) is 1. The predicted molar refractivity (Wildman–Crippen MR) is 96.1 cm³/mol. The van der Waals surface area contributed by atoms with Crippen LogP contribution in [-0.4, -0.2) is 77.2 Å². The molecule has 3 atom stereocenters. The lowest BCUT2D eigenvalue weighted by molar-refractivity contribution is -0.155. The fourth-order valence-corrected chi connectivity index (χ4v) is 4.10. The van der Waals surface area contributed by atoms with E-state index in [-0.39, 0.29) is 12.3 Å². The Kier molecular flexibility index (Phi) is 6.30. The van der Waals surface area contributed by atoms with E-state index in [0.717, 1.165) is 17.7 Å². The number of hydrogen-bond donors (Lipinski definition) is 1. The molecule has 3 heterocycles. The Morgan fingerprint density at radius 1 is 1.38 bits per heavy atom. The first-order valence-corrected chi connectivity index (χ1v) is 10.1. The third kappa shape index (κ3) is 5.17.